The Balaban J connectivity index is 1.68. The summed E-state index contributed by atoms with van der Waals surface area (Å²) in [6.45, 7) is 5.27. The number of benzene rings is 3. The lowest BCUT2D eigenvalue weighted by molar-refractivity contribution is 0.284. The Morgan fingerprint density at radius 2 is 1.75 bits per heavy atom. The third-order valence-electron chi connectivity index (χ3n) is 4.71. The van der Waals surface area contributed by atoms with Crippen LogP contribution in [0.15, 0.2) is 54.6 Å². The predicted molar refractivity (Wildman–Crippen MR) is 117 cm³/mol. The fraction of sp³-hybridized carbons (Fsp3) is 0.217. The molecule has 3 rings (SSSR count). The fourth-order valence-corrected chi connectivity index (χ4v) is 3.34. The molecule has 3 aromatic carbocycles. The molecule has 0 bridgehead atoms. The molecule has 0 spiro atoms. The van der Waals surface area contributed by atoms with Gasteiger partial charge in [0.15, 0.2) is 11.5 Å². The van der Waals surface area contributed by atoms with Crippen molar-refractivity contribution in [3.05, 3.63) is 86.9 Å². The van der Waals surface area contributed by atoms with Crippen molar-refractivity contribution in [1.82, 2.24) is 0 Å². The number of halogens is 2. The minimum Gasteiger partial charge on any atom is -0.493 e. The normalized spacial score (nSPS) is 10.6. The Bertz CT molecular complexity index is 973. The monoisotopic (exact) mass is 415 g/mol. The van der Waals surface area contributed by atoms with E-state index in [0.717, 1.165) is 16.8 Å². The number of hydrogen-bond donors (Lipinski definition) is 1. The summed E-state index contributed by atoms with van der Waals surface area (Å²) >= 11 is 12.2. The molecule has 28 heavy (non-hydrogen) atoms. The van der Waals surface area contributed by atoms with Crippen LogP contribution in [-0.2, 0) is 13.2 Å². The summed E-state index contributed by atoms with van der Waals surface area (Å²) in [5, 5.41) is 4.67. The fourth-order valence-electron chi connectivity index (χ4n) is 2.88. The van der Waals surface area contributed by atoms with Crippen molar-refractivity contribution >= 4 is 28.9 Å². The van der Waals surface area contributed by atoms with Crippen molar-refractivity contribution < 1.29 is 9.47 Å². The van der Waals surface area contributed by atoms with E-state index in [-0.39, 0.29) is 0 Å². The molecule has 5 heteroatoms. The van der Waals surface area contributed by atoms with E-state index in [1.54, 1.807) is 19.2 Å². The van der Waals surface area contributed by atoms with Gasteiger partial charge in [0.2, 0.25) is 0 Å². The van der Waals surface area contributed by atoms with Gasteiger partial charge in [0.05, 0.1) is 7.11 Å². The van der Waals surface area contributed by atoms with Gasteiger partial charge in [0.25, 0.3) is 0 Å². The van der Waals surface area contributed by atoms with Crippen LogP contribution in [0.4, 0.5) is 5.69 Å². The molecule has 146 valence electrons. The quantitative estimate of drug-likeness (QED) is 0.459. The van der Waals surface area contributed by atoms with Crippen molar-refractivity contribution in [1.29, 1.82) is 0 Å². The van der Waals surface area contributed by atoms with E-state index >= 15 is 0 Å². The molecule has 0 saturated heterocycles. The van der Waals surface area contributed by atoms with E-state index in [2.05, 4.69) is 37.4 Å². The Labute approximate surface area is 176 Å². The van der Waals surface area contributed by atoms with Gasteiger partial charge in [-0.15, -0.1) is 0 Å². The topological polar surface area (TPSA) is 30.5 Å². The number of hydrogen-bond acceptors (Lipinski definition) is 3. The summed E-state index contributed by atoms with van der Waals surface area (Å²) < 4.78 is 11.4. The molecule has 0 amide bonds. The summed E-state index contributed by atoms with van der Waals surface area (Å²) in [7, 11) is 1.64. The van der Waals surface area contributed by atoms with Gasteiger partial charge in [0, 0.05) is 27.8 Å². The van der Waals surface area contributed by atoms with Gasteiger partial charge in [0.1, 0.15) is 6.61 Å². The van der Waals surface area contributed by atoms with E-state index in [9.17, 15) is 0 Å². The number of methoxy groups -OCH3 is 1. The smallest absolute Gasteiger partial charge is 0.161 e. The lowest BCUT2D eigenvalue weighted by Crippen LogP contribution is -2.03. The highest BCUT2D eigenvalue weighted by Gasteiger charge is 2.09. The first-order valence-corrected chi connectivity index (χ1v) is 9.77. The van der Waals surface area contributed by atoms with Crippen molar-refractivity contribution in [2.24, 2.45) is 0 Å². The van der Waals surface area contributed by atoms with Gasteiger partial charge in [-0.1, -0.05) is 47.5 Å². The first kappa shape index (κ1) is 20.4. The molecule has 1 N–H and O–H groups in total. The Morgan fingerprint density at radius 1 is 0.929 bits per heavy atom. The molecule has 0 aliphatic heterocycles. The van der Waals surface area contributed by atoms with Gasteiger partial charge < -0.3 is 14.8 Å². The highest BCUT2D eigenvalue weighted by molar-refractivity contribution is 6.35. The van der Waals surface area contributed by atoms with Crippen LogP contribution in [0, 0.1) is 13.8 Å². The highest BCUT2D eigenvalue weighted by atomic mass is 35.5. The average Bonchev–Trinajstić information content (AvgIpc) is 2.69. The van der Waals surface area contributed by atoms with Gasteiger partial charge >= 0.3 is 0 Å². The minimum atomic E-state index is 0.340. The summed E-state index contributed by atoms with van der Waals surface area (Å²) in [4.78, 5) is 0. The molecule has 3 aromatic rings. The van der Waals surface area contributed by atoms with E-state index in [1.807, 2.05) is 24.3 Å². The third-order valence-corrected chi connectivity index (χ3v) is 5.30. The number of rotatable bonds is 7. The van der Waals surface area contributed by atoms with Crippen LogP contribution >= 0.6 is 23.2 Å². The lowest BCUT2D eigenvalue weighted by atomic mass is 10.1. The second-order valence-electron chi connectivity index (χ2n) is 6.61. The molecule has 0 aliphatic rings. The molecule has 0 unspecified atom stereocenters. The predicted octanol–water partition coefficient (Wildman–Crippen LogP) is 6.81. The van der Waals surface area contributed by atoms with Crippen LogP contribution in [0.2, 0.25) is 10.0 Å². The van der Waals surface area contributed by atoms with Gasteiger partial charge in [-0.05, 0) is 60.9 Å². The molecule has 0 aliphatic carbocycles. The Hall–Kier alpha value is -2.36. The Kier molecular flexibility index (Phi) is 6.71. The molecule has 0 aromatic heterocycles. The van der Waals surface area contributed by atoms with Gasteiger partial charge in [-0.3, -0.25) is 0 Å². The number of nitrogens with one attached hydrogen (secondary N) is 1. The van der Waals surface area contributed by atoms with Crippen LogP contribution in [0.3, 0.4) is 0 Å². The van der Waals surface area contributed by atoms with Gasteiger partial charge in [-0.2, -0.15) is 0 Å². The van der Waals surface area contributed by atoms with Crippen LogP contribution in [-0.4, -0.2) is 7.11 Å². The average molecular weight is 416 g/mol. The first-order chi connectivity index (χ1) is 13.5. The second kappa shape index (κ2) is 9.22. The molecule has 0 atom stereocenters. The number of ether oxygens (including phenoxy) is 2. The maximum atomic E-state index is 6.21. The molecule has 0 saturated carbocycles. The van der Waals surface area contributed by atoms with E-state index < -0.39 is 0 Å². The molecular weight excluding hydrogens is 393 g/mol. The van der Waals surface area contributed by atoms with E-state index in [1.165, 1.54) is 11.1 Å². The summed E-state index contributed by atoms with van der Waals surface area (Å²) in [5.74, 6) is 1.36. The lowest BCUT2D eigenvalue weighted by Gasteiger charge is -2.15. The zero-order chi connectivity index (χ0) is 20.1. The Morgan fingerprint density at radius 3 is 2.50 bits per heavy atom. The highest BCUT2D eigenvalue weighted by Crippen LogP contribution is 2.30. The van der Waals surface area contributed by atoms with Crippen LogP contribution in [0.5, 0.6) is 11.5 Å². The molecule has 0 fully saturated rings. The van der Waals surface area contributed by atoms with Crippen LogP contribution < -0.4 is 14.8 Å². The van der Waals surface area contributed by atoms with Crippen LogP contribution in [0.1, 0.15) is 22.3 Å². The third kappa shape index (κ3) is 4.92. The maximum absolute atomic E-state index is 6.21. The first-order valence-electron chi connectivity index (χ1n) is 9.01. The minimum absolute atomic E-state index is 0.340. The van der Waals surface area contributed by atoms with Crippen molar-refractivity contribution in [3.8, 4) is 11.5 Å². The SMILES string of the molecule is COc1cc(CNc2cccc(C)c2C)ccc1OCc1ccc(Cl)cc1Cl. The van der Waals surface area contributed by atoms with E-state index in [0.29, 0.717) is 34.7 Å². The summed E-state index contributed by atoms with van der Waals surface area (Å²) in [6, 6.07) is 17.6. The zero-order valence-corrected chi connectivity index (χ0v) is 17.7. The molecule has 0 heterocycles. The zero-order valence-electron chi connectivity index (χ0n) is 16.2. The van der Waals surface area contributed by atoms with Crippen molar-refractivity contribution in [3.63, 3.8) is 0 Å². The standard InChI is InChI=1S/C23H23Cl2NO2/c1-15-5-4-6-21(16(15)2)26-13-17-7-10-22(23(11-17)27-3)28-14-18-8-9-19(24)12-20(18)25/h4-12,26H,13-14H2,1-3H3. The largest absolute Gasteiger partial charge is 0.493 e. The summed E-state index contributed by atoms with van der Waals surface area (Å²) in [5.41, 5.74) is 5.64. The molecular formula is C23H23Cl2NO2. The van der Waals surface area contributed by atoms with Gasteiger partial charge in [-0.25, -0.2) is 0 Å². The molecule has 3 nitrogen and oxygen atoms in total. The van der Waals surface area contributed by atoms with Crippen LogP contribution in [0.25, 0.3) is 0 Å². The number of anilines is 1. The number of aryl methyl sites for hydroxylation is 1. The second-order valence-corrected chi connectivity index (χ2v) is 7.45. The summed E-state index contributed by atoms with van der Waals surface area (Å²) in [6.07, 6.45) is 0. The van der Waals surface area contributed by atoms with Crippen molar-refractivity contribution in [2.45, 2.75) is 27.0 Å². The molecule has 0 radical (unpaired) electrons. The van der Waals surface area contributed by atoms with Crippen molar-refractivity contribution in [2.75, 3.05) is 12.4 Å². The van der Waals surface area contributed by atoms with E-state index in [4.69, 9.17) is 32.7 Å². The maximum Gasteiger partial charge on any atom is 0.161 e.